The van der Waals surface area contributed by atoms with E-state index in [0.29, 0.717) is 21.9 Å². The fourth-order valence-corrected chi connectivity index (χ4v) is 1.93. The molecule has 3 nitrogen and oxygen atoms in total. The van der Waals surface area contributed by atoms with Crippen LogP contribution in [0.25, 0.3) is 0 Å². The third-order valence-electron chi connectivity index (χ3n) is 3.10. The van der Waals surface area contributed by atoms with Gasteiger partial charge < -0.3 is 14.9 Å². The van der Waals surface area contributed by atoms with Crippen molar-refractivity contribution >= 4 is 11.6 Å². The Morgan fingerprint density at radius 2 is 1.26 bits per heavy atom. The van der Waals surface area contributed by atoms with Gasteiger partial charge in [-0.2, -0.15) is 0 Å². The Hall–Kier alpha value is -2.43. The van der Waals surface area contributed by atoms with Crippen molar-refractivity contribution in [3.8, 4) is 29.4 Å². The van der Waals surface area contributed by atoms with Crippen molar-refractivity contribution in [1.82, 2.24) is 0 Å². The van der Waals surface area contributed by atoms with Gasteiger partial charge in [0, 0.05) is 5.02 Å². The summed E-state index contributed by atoms with van der Waals surface area (Å²) in [6.07, 6.45) is -1.89. The van der Waals surface area contributed by atoms with Crippen LogP contribution in [0, 0.1) is 23.7 Å². The van der Waals surface area contributed by atoms with Crippen LogP contribution in [0.5, 0.6) is 5.75 Å². The first kappa shape index (κ1) is 16.9. The van der Waals surface area contributed by atoms with Crippen molar-refractivity contribution in [2.45, 2.75) is 12.2 Å². The summed E-state index contributed by atoms with van der Waals surface area (Å²) in [5.74, 6) is 11.0. The van der Waals surface area contributed by atoms with Gasteiger partial charge in [0.05, 0.1) is 7.11 Å². The van der Waals surface area contributed by atoms with Crippen LogP contribution in [-0.2, 0) is 0 Å². The monoisotopic (exact) mass is 326 g/mol. The van der Waals surface area contributed by atoms with Crippen LogP contribution in [0.3, 0.4) is 0 Å². The molecule has 0 radical (unpaired) electrons. The molecule has 0 saturated heterocycles. The largest absolute Gasteiger partial charge is 0.497 e. The number of aliphatic hydroxyl groups excluding tert-OH is 2. The molecule has 0 aliphatic carbocycles. The minimum absolute atomic E-state index is 0.594. The molecule has 0 amide bonds. The predicted octanol–water partition coefficient (Wildman–Crippen LogP) is 3.12. The molecule has 0 bridgehead atoms. The van der Waals surface area contributed by atoms with Crippen LogP contribution in [0.15, 0.2) is 48.5 Å². The van der Waals surface area contributed by atoms with Crippen LogP contribution in [-0.4, -0.2) is 17.3 Å². The molecule has 0 heterocycles. The topological polar surface area (TPSA) is 49.7 Å². The molecule has 2 aromatic carbocycles. The van der Waals surface area contributed by atoms with Crippen molar-refractivity contribution in [3.05, 3.63) is 64.7 Å². The van der Waals surface area contributed by atoms with E-state index in [1.165, 1.54) is 0 Å². The minimum Gasteiger partial charge on any atom is -0.497 e. The highest BCUT2D eigenvalue weighted by molar-refractivity contribution is 6.30. The summed E-state index contributed by atoms with van der Waals surface area (Å²) >= 11 is 5.78. The van der Waals surface area contributed by atoms with E-state index in [4.69, 9.17) is 16.3 Å². The molecule has 2 atom stereocenters. The number of methoxy groups -OCH3 is 1. The normalized spacial score (nSPS) is 12.2. The SMILES string of the molecule is COc1ccc(C(O)C#CC#CC(O)c2ccc(Cl)cc2)cc1. The number of hydrogen-bond acceptors (Lipinski definition) is 3. The van der Waals surface area contributed by atoms with Gasteiger partial charge in [-0.15, -0.1) is 0 Å². The molecule has 0 saturated carbocycles. The van der Waals surface area contributed by atoms with Gasteiger partial charge in [-0.3, -0.25) is 0 Å². The average molecular weight is 327 g/mol. The number of aliphatic hydroxyl groups is 2. The maximum absolute atomic E-state index is 9.94. The first-order valence-corrected chi connectivity index (χ1v) is 7.24. The summed E-state index contributed by atoms with van der Waals surface area (Å²) in [5, 5.41) is 20.4. The number of halogens is 1. The Balaban J connectivity index is 2.00. The van der Waals surface area contributed by atoms with Gasteiger partial charge in [0.2, 0.25) is 0 Å². The molecule has 0 fully saturated rings. The van der Waals surface area contributed by atoms with E-state index in [0.717, 1.165) is 0 Å². The number of hydrogen-bond donors (Lipinski definition) is 2. The lowest BCUT2D eigenvalue weighted by molar-refractivity contribution is 0.237. The zero-order chi connectivity index (χ0) is 16.7. The molecule has 0 aliphatic heterocycles. The van der Waals surface area contributed by atoms with E-state index in [9.17, 15) is 10.2 Å². The van der Waals surface area contributed by atoms with Crippen molar-refractivity contribution < 1.29 is 14.9 Å². The summed E-state index contributed by atoms with van der Waals surface area (Å²) < 4.78 is 5.05. The molecule has 2 aromatic rings. The van der Waals surface area contributed by atoms with Crippen molar-refractivity contribution in [1.29, 1.82) is 0 Å². The van der Waals surface area contributed by atoms with Crippen LogP contribution in [0.1, 0.15) is 23.3 Å². The fourth-order valence-electron chi connectivity index (χ4n) is 1.81. The maximum atomic E-state index is 9.94. The molecule has 2 rings (SSSR count). The highest BCUT2D eigenvalue weighted by Crippen LogP contribution is 2.17. The molecule has 0 aromatic heterocycles. The van der Waals surface area contributed by atoms with Crippen LogP contribution >= 0.6 is 11.6 Å². The van der Waals surface area contributed by atoms with Crippen molar-refractivity contribution in [2.75, 3.05) is 7.11 Å². The van der Waals surface area contributed by atoms with Gasteiger partial charge in [-0.25, -0.2) is 0 Å². The molecule has 2 unspecified atom stereocenters. The second-order valence-corrected chi connectivity index (χ2v) is 5.10. The second kappa shape index (κ2) is 8.27. The quantitative estimate of drug-likeness (QED) is 0.852. The van der Waals surface area contributed by atoms with Crippen LogP contribution in [0.4, 0.5) is 0 Å². The molecular weight excluding hydrogens is 312 g/mol. The zero-order valence-corrected chi connectivity index (χ0v) is 13.2. The molecule has 0 spiro atoms. The van der Waals surface area contributed by atoms with Crippen molar-refractivity contribution in [3.63, 3.8) is 0 Å². The number of benzene rings is 2. The summed E-state index contributed by atoms with van der Waals surface area (Å²) in [5.41, 5.74) is 1.29. The molecule has 23 heavy (non-hydrogen) atoms. The van der Waals surface area contributed by atoms with Gasteiger partial charge in [0.25, 0.3) is 0 Å². The summed E-state index contributed by atoms with van der Waals surface area (Å²) in [6.45, 7) is 0. The minimum atomic E-state index is -0.945. The van der Waals surface area contributed by atoms with Gasteiger partial charge in [0.15, 0.2) is 0 Å². The average Bonchev–Trinajstić information content (AvgIpc) is 2.59. The second-order valence-electron chi connectivity index (χ2n) is 4.67. The van der Waals surface area contributed by atoms with Gasteiger partial charge in [-0.05, 0) is 47.2 Å². The van der Waals surface area contributed by atoms with E-state index in [1.54, 1.807) is 55.6 Å². The Kier molecular flexibility index (Phi) is 6.09. The van der Waals surface area contributed by atoms with E-state index in [1.807, 2.05) is 0 Å². The van der Waals surface area contributed by atoms with Gasteiger partial charge in [0.1, 0.15) is 18.0 Å². The van der Waals surface area contributed by atoms with E-state index in [-0.39, 0.29) is 0 Å². The Morgan fingerprint density at radius 1 is 0.826 bits per heavy atom. The summed E-state index contributed by atoms with van der Waals surface area (Å²) in [6, 6.07) is 13.7. The van der Waals surface area contributed by atoms with Crippen LogP contribution in [0.2, 0.25) is 5.02 Å². The Labute approximate surface area is 140 Å². The maximum Gasteiger partial charge on any atom is 0.141 e. The molecule has 4 heteroatoms. The van der Waals surface area contributed by atoms with E-state index >= 15 is 0 Å². The number of rotatable bonds is 3. The molecule has 116 valence electrons. The first-order valence-electron chi connectivity index (χ1n) is 6.87. The third-order valence-corrected chi connectivity index (χ3v) is 3.35. The number of ether oxygens (including phenoxy) is 1. The Bertz CT molecular complexity index is 759. The lowest BCUT2D eigenvalue weighted by Gasteiger charge is -2.04. The molecule has 0 aliphatic rings. The summed E-state index contributed by atoms with van der Waals surface area (Å²) in [7, 11) is 1.58. The van der Waals surface area contributed by atoms with Gasteiger partial charge >= 0.3 is 0 Å². The lowest BCUT2D eigenvalue weighted by atomic mass is 10.1. The molecular formula is C19H15ClO3. The highest BCUT2D eigenvalue weighted by Gasteiger charge is 2.03. The fraction of sp³-hybridized carbons (Fsp3) is 0.158. The predicted molar refractivity (Wildman–Crippen MR) is 89.9 cm³/mol. The Morgan fingerprint density at radius 3 is 1.70 bits per heavy atom. The highest BCUT2D eigenvalue weighted by atomic mass is 35.5. The van der Waals surface area contributed by atoms with Crippen LogP contribution < -0.4 is 4.74 Å². The summed E-state index contributed by atoms with van der Waals surface area (Å²) in [4.78, 5) is 0. The smallest absolute Gasteiger partial charge is 0.141 e. The first-order chi connectivity index (χ1) is 11.1. The lowest BCUT2D eigenvalue weighted by Crippen LogP contribution is -1.94. The zero-order valence-electron chi connectivity index (χ0n) is 12.5. The van der Waals surface area contributed by atoms with E-state index in [2.05, 4.69) is 23.7 Å². The molecule has 2 N–H and O–H groups in total. The van der Waals surface area contributed by atoms with Gasteiger partial charge in [-0.1, -0.05) is 47.7 Å². The van der Waals surface area contributed by atoms with E-state index < -0.39 is 12.2 Å². The van der Waals surface area contributed by atoms with Crippen molar-refractivity contribution in [2.24, 2.45) is 0 Å². The standard InChI is InChI=1S/C19H15ClO3/c1-23-17-12-8-15(9-13-17)19(22)5-3-2-4-18(21)14-6-10-16(20)11-7-14/h6-13,18-19,21-22H,1H3. The third kappa shape index (κ3) is 5.06.